The molecule has 1 aliphatic heterocycles. The molecule has 0 aliphatic carbocycles. The fraction of sp³-hybridized carbons (Fsp3) is 0.0800. The minimum absolute atomic E-state index is 0.0233. The SMILES string of the molecule is Cc1ccc(N2C(=O)C(O)=C(C(=O)c3cc4cc(Br)ccc4o3)C2c2cccnc2)cc1Cl. The summed E-state index contributed by atoms with van der Waals surface area (Å²) in [5.41, 5.74) is 2.29. The predicted octanol–water partition coefficient (Wildman–Crippen LogP) is 6.34. The van der Waals surface area contributed by atoms with E-state index in [0.717, 1.165) is 15.4 Å². The Bertz CT molecular complexity index is 1460. The van der Waals surface area contributed by atoms with E-state index >= 15 is 0 Å². The van der Waals surface area contributed by atoms with Crippen LogP contribution in [0.15, 0.2) is 87.2 Å². The van der Waals surface area contributed by atoms with Gasteiger partial charge in [0.1, 0.15) is 5.58 Å². The van der Waals surface area contributed by atoms with Gasteiger partial charge in [0.05, 0.1) is 11.6 Å². The van der Waals surface area contributed by atoms with E-state index in [2.05, 4.69) is 20.9 Å². The summed E-state index contributed by atoms with van der Waals surface area (Å²) >= 11 is 9.71. The maximum Gasteiger partial charge on any atom is 0.294 e. The zero-order chi connectivity index (χ0) is 23.3. The average Bonchev–Trinajstić information content (AvgIpc) is 3.34. The number of hydrogen-bond acceptors (Lipinski definition) is 5. The monoisotopic (exact) mass is 522 g/mol. The molecule has 0 saturated carbocycles. The number of aromatic nitrogens is 1. The molecule has 8 heteroatoms. The van der Waals surface area contributed by atoms with Crippen molar-refractivity contribution < 1.29 is 19.1 Å². The summed E-state index contributed by atoms with van der Waals surface area (Å²) in [6.45, 7) is 1.85. The van der Waals surface area contributed by atoms with Crippen LogP contribution in [-0.4, -0.2) is 21.8 Å². The maximum absolute atomic E-state index is 13.6. The number of benzene rings is 2. The number of pyridine rings is 1. The molecule has 0 saturated heterocycles. The first-order valence-corrected chi connectivity index (χ1v) is 11.2. The van der Waals surface area contributed by atoms with Crippen LogP contribution >= 0.6 is 27.5 Å². The van der Waals surface area contributed by atoms with E-state index in [4.69, 9.17) is 16.0 Å². The van der Waals surface area contributed by atoms with E-state index in [-0.39, 0.29) is 11.3 Å². The summed E-state index contributed by atoms with van der Waals surface area (Å²) in [6.07, 6.45) is 3.15. The van der Waals surface area contributed by atoms with Crippen molar-refractivity contribution in [3.8, 4) is 0 Å². The molecular formula is C25H16BrClN2O4. The Kier molecular flexibility index (Phi) is 5.31. The van der Waals surface area contributed by atoms with Crippen LogP contribution in [-0.2, 0) is 4.79 Å². The zero-order valence-corrected chi connectivity index (χ0v) is 19.6. The van der Waals surface area contributed by atoms with Gasteiger partial charge in [-0.25, -0.2) is 0 Å². The number of anilines is 1. The maximum atomic E-state index is 13.6. The minimum atomic E-state index is -0.905. The highest BCUT2D eigenvalue weighted by atomic mass is 79.9. The van der Waals surface area contributed by atoms with Gasteiger partial charge in [-0.2, -0.15) is 0 Å². The van der Waals surface area contributed by atoms with Gasteiger partial charge in [-0.1, -0.05) is 39.7 Å². The molecular weight excluding hydrogens is 508 g/mol. The fourth-order valence-electron chi connectivity index (χ4n) is 3.95. The highest BCUT2D eigenvalue weighted by Gasteiger charge is 2.45. The topological polar surface area (TPSA) is 83.6 Å². The summed E-state index contributed by atoms with van der Waals surface area (Å²) in [5, 5.41) is 12.0. The third kappa shape index (κ3) is 3.63. The highest BCUT2D eigenvalue weighted by Crippen LogP contribution is 2.43. The second-order valence-corrected chi connectivity index (χ2v) is 9.00. The summed E-state index contributed by atoms with van der Waals surface area (Å²) in [7, 11) is 0. The lowest BCUT2D eigenvalue weighted by Crippen LogP contribution is -2.31. The lowest BCUT2D eigenvalue weighted by molar-refractivity contribution is -0.117. The van der Waals surface area contributed by atoms with Crippen molar-refractivity contribution in [2.24, 2.45) is 0 Å². The molecule has 4 aromatic rings. The van der Waals surface area contributed by atoms with Crippen molar-refractivity contribution in [2.45, 2.75) is 13.0 Å². The Morgan fingerprint density at radius 2 is 2.00 bits per heavy atom. The van der Waals surface area contributed by atoms with Gasteiger partial charge in [0, 0.05) is 33.0 Å². The van der Waals surface area contributed by atoms with Gasteiger partial charge in [-0.05, 0) is 60.5 Å². The number of carbonyl (C=O) groups excluding carboxylic acids is 2. The number of hydrogen-bond donors (Lipinski definition) is 1. The molecule has 1 N–H and O–H groups in total. The number of aliphatic hydroxyl groups excluding tert-OH is 1. The second-order valence-electron chi connectivity index (χ2n) is 7.68. The fourth-order valence-corrected chi connectivity index (χ4v) is 4.50. The molecule has 1 amide bonds. The van der Waals surface area contributed by atoms with Gasteiger partial charge in [0.25, 0.3) is 5.91 Å². The number of ketones is 1. The Hall–Kier alpha value is -3.42. The van der Waals surface area contributed by atoms with E-state index in [1.165, 1.54) is 4.90 Å². The molecule has 0 fully saturated rings. The number of aryl methyl sites for hydroxylation is 1. The van der Waals surface area contributed by atoms with Gasteiger partial charge >= 0.3 is 0 Å². The third-order valence-corrected chi connectivity index (χ3v) is 6.49. The van der Waals surface area contributed by atoms with Crippen LogP contribution in [0, 0.1) is 6.92 Å². The molecule has 0 bridgehead atoms. The van der Waals surface area contributed by atoms with E-state index in [0.29, 0.717) is 21.9 Å². The van der Waals surface area contributed by atoms with Crippen molar-refractivity contribution in [3.05, 3.63) is 105 Å². The van der Waals surface area contributed by atoms with Crippen LogP contribution in [0.25, 0.3) is 11.0 Å². The van der Waals surface area contributed by atoms with E-state index in [9.17, 15) is 14.7 Å². The largest absolute Gasteiger partial charge is 0.503 e. The van der Waals surface area contributed by atoms with E-state index < -0.39 is 23.5 Å². The minimum Gasteiger partial charge on any atom is -0.503 e. The van der Waals surface area contributed by atoms with Crippen molar-refractivity contribution in [1.29, 1.82) is 0 Å². The Morgan fingerprint density at radius 1 is 1.18 bits per heavy atom. The van der Waals surface area contributed by atoms with Crippen LogP contribution in [0.3, 0.4) is 0 Å². The molecule has 2 aromatic heterocycles. The second kappa shape index (κ2) is 8.17. The van der Waals surface area contributed by atoms with Gasteiger partial charge in [0.2, 0.25) is 5.78 Å². The number of halogens is 2. The van der Waals surface area contributed by atoms with Crippen LogP contribution in [0.4, 0.5) is 5.69 Å². The van der Waals surface area contributed by atoms with Crippen molar-refractivity contribution >= 4 is 55.9 Å². The first-order chi connectivity index (χ1) is 15.8. The molecule has 1 atom stereocenters. The lowest BCUT2D eigenvalue weighted by atomic mass is 9.96. The molecule has 1 unspecified atom stereocenters. The third-order valence-electron chi connectivity index (χ3n) is 5.59. The van der Waals surface area contributed by atoms with Crippen LogP contribution < -0.4 is 4.90 Å². The smallest absolute Gasteiger partial charge is 0.294 e. The van der Waals surface area contributed by atoms with Crippen LogP contribution in [0.1, 0.15) is 27.7 Å². The average molecular weight is 524 g/mol. The molecule has 2 aromatic carbocycles. The Labute approximate surface area is 202 Å². The molecule has 0 spiro atoms. The standard InChI is InChI=1S/C25H16BrClN2O4/c1-13-4-6-17(11-18(13)27)29-22(14-3-2-8-28-12-14)21(24(31)25(29)32)23(30)20-10-15-9-16(26)5-7-19(15)33-20/h2-12,22,31H,1H3. The number of amides is 1. The number of fused-ring (bicyclic) bond motifs is 1. The molecule has 33 heavy (non-hydrogen) atoms. The normalized spacial score (nSPS) is 16.2. The van der Waals surface area contributed by atoms with Gasteiger partial charge in [-0.3, -0.25) is 19.5 Å². The lowest BCUT2D eigenvalue weighted by Gasteiger charge is -2.26. The number of Topliss-reactive ketones (excluding diaryl/α,β-unsaturated/α-hetero) is 1. The van der Waals surface area contributed by atoms with Gasteiger partial charge < -0.3 is 9.52 Å². The van der Waals surface area contributed by atoms with Crippen molar-refractivity contribution in [1.82, 2.24) is 4.98 Å². The number of aliphatic hydroxyl groups is 1. The number of carbonyl (C=O) groups is 2. The van der Waals surface area contributed by atoms with Gasteiger partial charge in [-0.15, -0.1) is 0 Å². The van der Waals surface area contributed by atoms with Crippen LogP contribution in [0.5, 0.6) is 0 Å². The van der Waals surface area contributed by atoms with Gasteiger partial charge in [0.15, 0.2) is 11.5 Å². The summed E-state index contributed by atoms with van der Waals surface area (Å²) in [4.78, 5) is 32.3. The predicted molar refractivity (Wildman–Crippen MR) is 129 cm³/mol. The van der Waals surface area contributed by atoms with E-state index in [1.54, 1.807) is 60.9 Å². The zero-order valence-electron chi connectivity index (χ0n) is 17.3. The quantitative estimate of drug-likeness (QED) is 0.316. The molecule has 1 aliphatic rings. The molecule has 0 radical (unpaired) electrons. The highest BCUT2D eigenvalue weighted by molar-refractivity contribution is 9.10. The molecule has 6 nitrogen and oxygen atoms in total. The Balaban J connectivity index is 1.66. The number of rotatable bonds is 4. The number of nitrogens with zero attached hydrogens (tertiary/aromatic N) is 2. The first-order valence-electron chi connectivity index (χ1n) is 10.0. The van der Waals surface area contributed by atoms with Crippen molar-refractivity contribution in [2.75, 3.05) is 4.90 Å². The molecule has 164 valence electrons. The molecule has 3 heterocycles. The van der Waals surface area contributed by atoms with Crippen molar-refractivity contribution in [3.63, 3.8) is 0 Å². The Morgan fingerprint density at radius 3 is 2.73 bits per heavy atom. The summed E-state index contributed by atoms with van der Waals surface area (Å²) < 4.78 is 6.60. The first kappa shape index (κ1) is 21.4. The molecule has 5 rings (SSSR count). The van der Waals surface area contributed by atoms with Crippen LogP contribution in [0.2, 0.25) is 5.02 Å². The number of furan rings is 1. The summed E-state index contributed by atoms with van der Waals surface area (Å²) in [5.74, 6) is -1.89. The van der Waals surface area contributed by atoms with E-state index in [1.807, 2.05) is 13.0 Å². The summed E-state index contributed by atoms with van der Waals surface area (Å²) in [6, 6.07) is 14.6.